The van der Waals surface area contributed by atoms with Crippen LogP contribution in [0.2, 0.25) is 0 Å². The quantitative estimate of drug-likeness (QED) is 0.633. The molecule has 4 atom stereocenters. The molecule has 6 rings (SSSR count). The van der Waals surface area contributed by atoms with Gasteiger partial charge in [-0.3, -0.25) is 14.4 Å². The van der Waals surface area contributed by atoms with Gasteiger partial charge in [0.15, 0.2) is 0 Å². The van der Waals surface area contributed by atoms with Crippen molar-refractivity contribution in [3.05, 3.63) is 71.9 Å². The summed E-state index contributed by atoms with van der Waals surface area (Å²) >= 11 is 0. The lowest BCUT2D eigenvalue weighted by Gasteiger charge is -2.31. The van der Waals surface area contributed by atoms with Gasteiger partial charge in [-0.05, 0) is 31.2 Å². The monoisotopic (exact) mass is 398 g/mol. The number of hydrogen-bond acceptors (Lipinski definition) is 5. The fourth-order valence-electron chi connectivity index (χ4n) is 5.44. The Kier molecular flexibility index (Phi) is 3.40. The van der Waals surface area contributed by atoms with Gasteiger partial charge in [-0.2, -0.15) is 0 Å². The number of fused-ring (bicyclic) bond motifs is 9. The predicted molar refractivity (Wildman–Crippen MR) is 108 cm³/mol. The van der Waals surface area contributed by atoms with Crippen LogP contribution in [0, 0.1) is 11.8 Å². The molecule has 6 nitrogen and oxygen atoms in total. The summed E-state index contributed by atoms with van der Waals surface area (Å²) in [6.45, 7) is 1.48. The highest BCUT2D eigenvalue weighted by atomic mass is 16.5. The summed E-state index contributed by atoms with van der Waals surface area (Å²) in [6.07, 6.45) is -0.559. The minimum atomic E-state index is -1.20. The maximum atomic E-state index is 13.5. The van der Waals surface area contributed by atoms with Crippen molar-refractivity contribution in [1.29, 1.82) is 0 Å². The number of ether oxygens (including phenoxy) is 1. The molecule has 3 aliphatic rings. The van der Waals surface area contributed by atoms with E-state index >= 15 is 0 Å². The molecule has 0 spiro atoms. The summed E-state index contributed by atoms with van der Waals surface area (Å²) in [7, 11) is 0. The van der Waals surface area contributed by atoms with E-state index in [1.54, 1.807) is 24.3 Å². The molecule has 0 radical (unpaired) electrons. The van der Waals surface area contributed by atoms with E-state index < -0.39 is 23.5 Å². The number of aromatic nitrogens is 1. The van der Waals surface area contributed by atoms with Gasteiger partial charge in [0.05, 0.1) is 34.8 Å². The molecule has 3 aliphatic heterocycles. The van der Waals surface area contributed by atoms with E-state index in [2.05, 4.69) is 0 Å². The number of amides is 2. The predicted octanol–water partition coefficient (Wildman–Crippen LogP) is 3.30. The number of pyridine rings is 1. The van der Waals surface area contributed by atoms with Gasteiger partial charge in [-0.25, -0.2) is 9.88 Å². The summed E-state index contributed by atoms with van der Waals surface area (Å²) in [5.41, 5.74) is 1.56. The van der Waals surface area contributed by atoms with Gasteiger partial charge in [0.25, 0.3) is 0 Å². The Morgan fingerprint density at radius 3 is 2.57 bits per heavy atom. The molecule has 148 valence electrons. The van der Waals surface area contributed by atoms with Crippen molar-refractivity contribution in [3.8, 4) is 0 Å². The van der Waals surface area contributed by atoms with Crippen LogP contribution in [0.1, 0.15) is 30.7 Å². The summed E-state index contributed by atoms with van der Waals surface area (Å²) in [5.74, 6) is -2.09. The zero-order valence-corrected chi connectivity index (χ0v) is 16.2. The van der Waals surface area contributed by atoms with E-state index in [-0.39, 0.29) is 24.0 Å². The molecular formula is C24H18N2O4. The molecule has 2 amide bonds. The van der Waals surface area contributed by atoms with E-state index in [1.807, 2.05) is 36.4 Å². The summed E-state index contributed by atoms with van der Waals surface area (Å²) < 4.78 is 6.35. The normalized spacial score (nSPS) is 28.8. The van der Waals surface area contributed by atoms with Gasteiger partial charge in [-0.1, -0.05) is 36.4 Å². The molecule has 1 aromatic heterocycles. The van der Waals surface area contributed by atoms with E-state index in [4.69, 9.17) is 9.72 Å². The van der Waals surface area contributed by atoms with Crippen molar-refractivity contribution in [2.24, 2.45) is 11.8 Å². The summed E-state index contributed by atoms with van der Waals surface area (Å²) in [4.78, 5) is 45.3. The van der Waals surface area contributed by atoms with Crippen molar-refractivity contribution in [3.63, 3.8) is 0 Å². The lowest BCUT2D eigenvalue weighted by Crippen LogP contribution is -2.42. The highest BCUT2D eigenvalue weighted by Gasteiger charge is 2.72. The van der Waals surface area contributed by atoms with Gasteiger partial charge >= 0.3 is 0 Å². The standard InChI is InChI=1S/C24H18N2O4/c1-13(27)12-24-19-18(22(28)26(23(19)29)15-8-3-2-4-9-15)20(30-24)16-11-14-7-5-6-10-17(14)25-21(16)24/h2-11,18-20H,12H2,1H3/t18-,19-,20+,24+/m0/s1. The van der Waals surface area contributed by atoms with E-state index in [1.165, 1.54) is 11.8 Å². The van der Waals surface area contributed by atoms with Crippen LogP contribution in [-0.2, 0) is 24.7 Å². The Hall–Kier alpha value is -3.38. The Bertz CT molecular complexity index is 1250. The van der Waals surface area contributed by atoms with Gasteiger partial charge in [0.2, 0.25) is 11.8 Å². The van der Waals surface area contributed by atoms with Crippen molar-refractivity contribution in [1.82, 2.24) is 4.98 Å². The van der Waals surface area contributed by atoms with Gasteiger partial charge in [0.1, 0.15) is 11.4 Å². The first kappa shape index (κ1) is 17.5. The number of anilines is 1. The molecule has 3 aromatic rings. The molecule has 2 saturated heterocycles. The zero-order chi connectivity index (χ0) is 20.6. The largest absolute Gasteiger partial charge is 0.358 e. The molecule has 0 N–H and O–H groups in total. The van der Waals surface area contributed by atoms with Crippen LogP contribution in [0.15, 0.2) is 60.7 Å². The smallest absolute Gasteiger partial charge is 0.241 e. The SMILES string of the molecule is CC(=O)C[C@]12O[C@H](c3cc4ccccc4nc31)[C@H]1C(=O)N(c3ccccc3)C(=O)[C@H]12. The number of carbonyl (C=O) groups is 3. The Morgan fingerprint density at radius 2 is 1.80 bits per heavy atom. The number of Topliss-reactive ketones (excluding diaryl/α,β-unsaturated/α-hetero) is 1. The van der Waals surface area contributed by atoms with Crippen LogP contribution in [0.5, 0.6) is 0 Å². The van der Waals surface area contributed by atoms with Gasteiger partial charge in [-0.15, -0.1) is 0 Å². The third-order valence-corrected chi connectivity index (χ3v) is 6.50. The maximum Gasteiger partial charge on any atom is 0.241 e. The van der Waals surface area contributed by atoms with Gasteiger partial charge in [0, 0.05) is 17.4 Å². The van der Waals surface area contributed by atoms with Crippen LogP contribution >= 0.6 is 0 Å². The summed E-state index contributed by atoms with van der Waals surface area (Å²) in [5, 5.41) is 0.943. The fourth-order valence-corrected chi connectivity index (χ4v) is 5.44. The molecular weight excluding hydrogens is 380 g/mol. The summed E-state index contributed by atoms with van der Waals surface area (Å²) in [6, 6.07) is 18.6. The minimum absolute atomic E-state index is 0.0185. The highest BCUT2D eigenvalue weighted by Crippen LogP contribution is 2.65. The number of para-hydroxylation sites is 2. The Labute approximate surface area is 172 Å². The van der Waals surface area contributed by atoms with Crippen LogP contribution in [0.4, 0.5) is 5.69 Å². The van der Waals surface area contributed by atoms with E-state index in [0.717, 1.165) is 16.5 Å². The second-order valence-electron chi connectivity index (χ2n) is 8.28. The number of rotatable bonds is 3. The average Bonchev–Trinajstić information content (AvgIpc) is 3.32. The van der Waals surface area contributed by atoms with Crippen LogP contribution < -0.4 is 4.90 Å². The lowest BCUT2D eigenvalue weighted by atomic mass is 9.70. The van der Waals surface area contributed by atoms with Crippen LogP contribution in [0.25, 0.3) is 10.9 Å². The third kappa shape index (κ3) is 2.06. The maximum absolute atomic E-state index is 13.5. The second-order valence-corrected chi connectivity index (χ2v) is 8.28. The van der Waals surface area contributed by atoms with Gasteiger partial charge < -0.3 is 4.74 Å². The number of hydrogen-bond donors (Lipinski definition) is 0. The van der Waals surface area contributed by atoms with Crippen molar-refractivity contribution < 1.29 is 19.1 Å². The molecule has 0 saturated carbocycles. The molecule has 2 aromatic carbocycles. The van der Waals surface area contributed by atoms with E-state index in [9.17, 15) is 14.4 Å². The highest BCUT2D eigenvalue weighted by molar-refractivity contribution is 6.23. The zero-order valence-electron chi connectivity index (χ0n) is 16.2. The first-order valence-corrected chi connectivity index (χ1v) is 10.0. The molecule has 6 heteroatoms. The van der Waals surface area contributed by atoms with Crippen LogP contribution in [0.3, 0.4) is 0 Å². The van der Waals surface area contributed by atoms with Crippen molar-refractivity contribution in [2.45, 2.75) is 25.0 Å². The Balaban J connectivity index is 1.57. The minimum Gasteiger partial charge on any atom is -0.358 e. The number of ketones is 1. The van der Waals surface area contributed by atoms with E-state index in [0.29, 0.717) is 11.4 Å². The number of benzene rings is 2. The third-order valence-electron chi connectivity index (χ3n) is 6.50. The molecule has 0 unspecified atom stereocenters. The topological polar surface area (TPSA) is 76.6 Å². The molecule has 2 bridgehead atoms. The average molecular weight is 398 g/mol. The first-order valence-electron chi connectivity index (χ1n) is 10.0. The van der Waals surface area contributed by atoms with Crippen LogP contribution in [-0.4, -0.2) is 22.6 Å². The molecule has 4 heterocycles. The van der Waals surface area contributed by atoms with Crippen molar-refractivity contribution >= 4 is 34.2 Å². The number of imide groups is 1. The van der Waals surface area contributed by atoms with Crippen molar-refractivity contribution in [2.75, 3.05) is 4.90 Å². The first-order chi connectivity index (χ1) is 14.5. The number of nitrogens with zero attached hydrogens (tertiary/aromatic N) is 2. The number of carbonyl (C=O) groups excluding carboxylic acids is 3. The molecule has 30 heavy (non-hydrogen) atoms. The second kappa shape index (κ2) is 5.83. The lowest BCUT2D eigenvalue weighted by molar-refractivity contribution is -0.134. The molecule has 2 fully saturated rings. The fraction of sp³-hybridized carbons (Fsp3) is 0.250. The Morgan fingerprint density at radius 1 is 1.07 bits per heavy atom. The molecule has 0 aliphatic carbocycles.